The maximum absolute atomic E-state index is 12.6. The van der Waals surface area contributed by atoms with Gasteiger partial charge >= 0.3 is 5.97 Å². The van der Waals surface area contributed by atoms with Gasteiger partial charge in [-0.3, -0.25) is 9.59 Å². The van der Waals surface area contributed by atoms with E-state index in [1.165, 1.54) is 437 Å². The second-order valence-electron chi connectivity index (χ2n) is 29.9. The van der Waals surface area contributed by atoms with E-state index >= 15 is 0 Å². The van der Waals surface area contributed by atoms with E-state index in [9.17, 15) is 19.8 Å². The molecule has 2 atom stereocenters. The van der Waals surface area contributed by atoms with E-state index in [0.717, 1.165) is 38.5 Å². The molecule has 91 heavy (non-hydrogen) atoms. The first-order valence-corrected chi connectivity index (χ1v) is 42.8. The Morgan fingerprint density at radius 2 is 0.451 bits per heavy atom. The molecular weight excluding hydrogens is 1110 g/mol. The maximum Gasteiger partial charge on any atom is 0.305 e. The Morgan fingerprint density at radius 1 is 0.264 bits per heavy atom. The zero-order chi connectivity index (χ0) is 65.6. The lowest BCUT2D eigenvalue weighted by atomic mass is 10.0. The van der Waals surface area contributed by atoms with Crippen molar-refractivity contribution in [2.24, 2.45) is 0 Å². The van der Waals surface area contributed by atoms with E-state index in [4.69, 9.17) is 4.74 Å². The van der Waals surface area contributed by atoms with Gasteiger partial charge < -0.3 is 20.3 Å². The van der Waals surface area contributed by atoms with Crippen LogP contribution in [0.25, 0.3) is 0 Å². The monoisotopic (exact) mass is 1280 g/mol. The van der Waals surface area contributed by atoms with E-state index < -0.39 is 12.1 Å². The molecule has 3 N–H and O–H groups in total. The highest BCUT2D eigenvalue weighted by Gasteiger charge is 2.20. The lowest BCUT2D eigenvalue weighted by molar-refractivity contribution is -0.143. The van der Waals surface area contributed by atoms with Crippen LogP contribution in [0.1, 0.15) is 508 Å². The van der Waals surface area contributed by atoms with Crippen molar-refractivity contribution in [3.05, 3.63) is 0 Å². The van der Waals surface area contributed by atoms with Gasteiger partial charge in [0.1, 0.15) is 0 Å². The predicted octanol–water partition coefficient (Wildman–Crippen LogP) is 28.4. The number of hydrogen-bond donors (Lipinski definition) is 3. The third-order valence-corrected chi connectivity index (χ3v) is 20.7. The van der Waals surface area contributed by atoms with Gasteiger partial charge in [0.2, 0.25) is 5.91 Å². The molecule has 0 aromatic rings. The lowest BCUT2D eigenvalue weighted by Gasteiger charge is -2.22. The number of ether oxygens (including phenoxy) is 1. The number of unbranched alkanes of at least 4 members (excludes halogenated alkanes) is 71. The third-order valence-electron chi connectivity index (χ3n) is 20.7. The molecule has 0 radical (unpaired) electrons. The van der Waals surface area contributed by atoms with Crippen molar-refractivity contribution in [3.63, 3.8) is 0 Å². The molecule has 0 aliphatic rings. The quantitative estimate of drug-likeness (QED) is 0.0417. The average Bonchev–Trinajstić information content (AvgIpc) is 3.59. The molecular formula is C85H169NO5. The molecule has 0 heterocycles. The zero-order valence-corrected chi connectivity index (χ0v) is 62.6. The van der Waals surface area contributed by atoms with Crippen LogP contribution in [0.4, 0.5) is 0 Å². The highest BCUT2D eigenvalue weighted by molar-refractivity contribution is 5.76. The molecule has 6 nitrogen and oxygen atoms in total. The molecule has 0 aromatic carbocycles. The second-order valence-corrected chi connectivity index (χ2v) is 29.9. The summed E-state index contributed by atoms with van der Waals surface area (Å²) < 4.78 is 5.52. The molecule has 0 aromatic heterocycles. The van der Waals surface area contributed by atoms with E-state index in [0.29, 0.717) is 25.9 Å². The summed E-state index contributed by atoms with van der Waals surface area (Å²) in [6, 6.07) is -0.537. The van der Waals surface area contributed by atoms with Gasteiger partial charge in [0.05, 0.1) is 25.4 Å². The van der Waals surface area contributed by atoms with Crippen LogP contribution in [0, 0.1) is 0 Å². The molecule has 0 aliphatic heterocycles. The first kappa shape index (κ1) is 89.9. The summed E-state index contributed by atoms with van der Waals surface area (Å²) in [7, 11) is 0. The maximum atomic E-state index is 12.6. The van der Waals surface area contributed by atoms with Crippen molar-refractivity contribution in [1.82, 2.24) is 5.32 Å². The highest BCUT2D eigenvalue weighted by Crippen LogP contribution is 2.21. The molecule has 0 bridgehead atoms. The van der Waals surface area contributed by atoms with Gasteiger partial charge in [-0.05, 0) is 25.7 Å². The molecule has 0 spiro atoms. The Labute approximate surface area is 572 Å². The van der Waals surface area contributed by atoms with E-state index in [1.54, 1.807) is 0 Å². The Bertz CT molecular complexity index is 1340. The Hall–Kier alpha value is -1.14. The van der Waals surface area contributed by atoms with Crippen LogP contribution in [0.15, 0.2) is 0 Å². The largest absolute Gasteiger partial charge is 0.466 e. The fourth-order valence-corrected chi connectivity index (χ4v) is 14.2. The van der Waals surface area contributed by atoms with Crippen molar-refractivity contribution in [3.8, 4) is 0 Å². The number of amides is 1. The lowest BCUT2D eigenvalue weighted by Crippen LogP contribution is -2.45. The molecule has 544 valence electrons. The topological polar surface area (TPSA) is 95.9 Å². The number of carbonyl (C=O) groups is 2. The molecule has 1 amide bonds. The second kappa shape index (κ2) is 81.3. The molecule has 0 aliphatic carbocycles. The van der Waals surface area contributed by atoms with Gasteiger partial charge in [-0.2, -0.15) is 0 Å². The van der Waals surface area contributed by atoms with Crippen LogP contribution in [0.5, 0.6) is 0 Å². The Balaban J connectivity index is 3.28. The Morgan fingerprint density at radius 3 is 0.670 bits per heavy atom. The zero-order valence-electron chi connectivity index (χ0n) is 62.6. The Kier molecular flexibility index (Phi) is 80.3. The first-order chi connectivity index (χ1) is 45.0. The van der Waals surface area contributed by atoms with Crippen LogP contribution in [-0.4, -0.2) is 47.4 Å². The van der Waals surface area contributed by atoms with Crippen LogP contribution >= 0.6 is 0 Å². The van der Waals surface area contributed by atoms with Gasteiger partial charge in [-0.1, -0.05) is 470 Å². The van der Waals surface area contributed by atoms with Crippen molar-refractivity contribution >= 4 is 11.9 Å². The number of aliphatic hydroxyl groups is 2. The van der Waals surface area contributed by atoms with E-state index in [1.807, 2.05) is 0 Å². The number of nitrogens with one attached hydrogen (secondary N) is 1. The molecule has 0 fully saturated rings. The standard InChI is InChI=1S/C85H169NO5/c1-3-5-7-9-11-13-15-17-19-21-42-45-49-53-57-61-65-69-73-77-83(88)82(81-87)86-84(89)78-74-70-66-62-58-54-50-46-43-40-38-36-34-32-30-28-26-24-23-25-27-29-31-33-35-37-39-41-44-48-52-56-60-64-68-72-76-80-91-85(90)79-75-71-67-63-59-55-51-47-22-20-18-16-14-12-10-8-6-4-2/h82-83,87-88H,3-81H2,1-2H3,(H,86,89). The molecule has 2 unspecified atom stereocenters. The summed E-state index contributed by atoms with van der Waals surface area (Å²) >= 11 is 0. The molecule has 0 rings (SSSR count). The van der Waals surface area contributed by atoms with E-state index in [2.05, 4.69) is 19.2 Å². The van der Waals surface area contributed by atoms with Crippen LogP contribution < -0.4 is 5.32 Å². The summed E-state index contributed by atoms with van der Waals surface area (Å²) in [5.74, 6) is 0.00614. The van der Waals surface area contributed by atoms with Gasteiger partial charge in [0, 0.05) is 12.8 Å². The summed E-state index contributed by atoms with van der Waals surface area (Å²) in [4.78, 5) is 24.7. The molecule has 0 saturated carbocycles. The molecule has 0 saturated heterocycles. The van der Waals surface area contributed by atoms with Crippen molar-refractivity contribution in [2.75, 3.05) is 13.2 Å². The van der Waals surface area contributed by atoms with Crippen LogP contribution in [0.2, 0.25) is 0 Å². The van der Waals surface area contributed by atoms with Crippen LogP contribution in [-0.2, 0) is 14.3 Å². The summed E-state index contributed by atoms with van der Waals surface area (Å²) in [5, 5.41) is 23.4. The van der Waals surface area contributed by atoms with Crippen molar-refractivity contribution < 1.29 is 24.5 Å². The fraction of sp³-hybridized carbons (Fsp3) is 0.976. The number of carbonyl (C=O) groups excluding carboxylic acids is 2. The van der Waals surface area contributed by atoms with Gasteiger partial charge in [0.25, 0.3) is 0 Å². The third kappa shape index (κ3) is 77.7. The van der Waals surface area contributed by atoms with Crippen molar-refractivity contribution in [1.29, 1.82) is 0 Å². The number of esters is 1. The first-order valence-electron chi connectivity index (χ1n) is 42.8. The SMILES string of the molecule is CCCCCCCCCCCCCCCCCCCCCC(O)C(CO)NC(=O)CCCCCCCCCCCCCCCCCCCCCCCCCCCCCCCCCCCCCCCOC(=O)CCCCCCCCCCCCCCCCCCCC. The van der Waals surface area contributed by atoms with Gasteiger partial charge in [0.15, 0.2) is 0 Å². The van der Waals surface area contributed by atoms with Crippen LogP contribution in [0.3, 0.4) is 0 Å². The fourth-order valence-electron chi connectivity index (χ4n) is 14.2. The van der Waals surface area contributed by atoms with Gasteiger partial charge in [-0.15, -0.1) is 0 Å². The number of rotatable bonds is 82. The summed E-state index contributed by atoms with van der Waals surface area (Å²) in [6.45, 7) is 5.03. The molecule has 6 heteroatoms. The average molecular weight is 1290 g/mol. The highest BCUT2D eigenvalue weighted by atomic mass is 16.5. The predicted molar refractivity (Wildman–Crippen MR) is 403 cm³/mol. The van der Waals surface area contributed by atoms with Crippen molar-refractivity contribution in [2.45, 2.75) is 520 Å². The number of aliphatic hydroxyl groups excluding tert-OH is 2. The van der Waals surface area contributed by atoms with E-state index in [-0.39, 0.29) is 18.5 Å². The minimum absolute atomic E-state index is 0.0233. The summed E-state index contributed by atoms with van der Waals surface area (Å²) in [6.07, 6.45) is 102. The smallest absolute Gasteiger partial charge is 0.305 e. The minimum Gasteiger partial charge on any atom is -0.466 e. The minimum atomic E-state index is -0.660. The summed E-state index contributed by atoms with van der Waals surface area (Å²) in [5.41, 5.74) is 0. The van der Waals surface area contributed by atoms with Gasteiger partial charge in [-0.25, -0.2) is 0 Å². The number of hydrogen-bond acceptors (Lipinski definition) is 5. The normalized spacial score (nSPS) is 12.4.